The van der Waals surface area contributed by atoms with Crippen molar-refractivity contribution in [1.29, 1.82) is 0 Å². The molecule has 1 N–H and O–H groups in total. The average Bonchev–Trinajstić information content (AvgIpc) is 2.77. The smallest absolute Gasteiger partial charge is 0.322 e. The Hall–Kier alpha value is -3.56. The highest BCUT2D eigenvalue weighted by molar-refractivity contribution is 5.95. The summed E-state index contributed by atoms with van der Waals surface area (Å²) in [6.07, 6.45) is 2.01. The number of benzene rings is 2. The Morgan fingerprint density at radius 1 is 1.09 bits per heavy atom. The number of nitrogens with one attached hydrogen (secondary N) is 1. The number of hydrogen-bond donors (Lipinski definition) is 1. The molecule has 0 aliphatic carbocycles. The minimum atomic E-state index is -1.09. The Morgan fingerprint density at radius 3 is 2.50 bits per heavy atom. The summed E-state index contributed by atoms with van der Waals surface area (Å²) >= 11 is 0. The van der Waals surface area contributed by atoms with Gasteiger partial charge in [-0.3, -0.25) is 4.79 Å². The highest BCUT2D eigenvalue weighted by atomic mass is 19.2. The number of urea groups is 1. The summed E-state index contributed by atoms with van der Waals surface area (Å²) in [5.74, 6) is -4.22. The second-order valence-corrected chi connectivity index (χ2v) is 7.47. The van der Waals surface area contributed by atoms with Crippen LogP contribution in [0.5, 0.6) is 5.75 Å². The van der Waals surface area contributed by atoms with Crippen molar-refractivity contribution in [3.05, 3.63) is 64.7 Å². The van der Waals surface area contributed by atoms with Gasteiger partial charge < -0.3 is 19.9 Å². The molecule has 2 aromatic rings. The number of carbonyl (C=O) groups excluding carboxylic acids is 2. The molecular weight excluding hydrogens is 430 g/mol. The van der Waals surface area contributed by atoms with Crippen molar-refractivity contribution in [3.63, 3.8) is 0 Å². The van der Waals surface area contributed by atoms with Crippen LogP contribution in [0.2, 0.25) is 0 Å². The van der Waals surface area contributed by atoms with Crippen LogP contribution in [-0.2, 0) is 11.3 Å². The fourth-order valence-electron chi connectivity index (χ4n) is 3.82. The molecule has 0 bridgehead atoms. The van der Waals surface area contributed by atoms with Gasteiger partial charge in [0.05, 0.1) is 24.9 Å². The highest BCUT2D eigenvalue weighted by Crippen LogP contribution is 2.30. The molecule has 2 aliphatic heterocycles. The van der Waals surface area contributed by atoms with Crippen LogP contribution in [0.15, 0.2) is 30.3 Å². The topological polar surface area (TPSA) is 61.9 Å². The maximum Gasteiger partial charge on any atom is 0.322 e. The normalized spacial score (nSPS) is 15.8. The Kier molecular flexibility index (Phi) is 5.77. The zero-order valence-electron chi connectivity index (χ0n) is 17.1. The summed E-state index contributed by atoms with van der Waals surface area (Å²) in [6, 6.07) is 3.66. The van der Waals surface area contributed by atoms with Crippen LogP contribution in [0.4, 0.5) is 28.0 Å². The lowest BCUT2D eigenvalue weighted by Crippen LogP contribution is -2.47. The number of halogens is 4. The maximum atomic E-state index is 14.5. The molecule has 2 aliphatic rings. The largest absolute Gasteiger partial charge is 0.497 e. The maximum absolute atomic E-state index is 14.5. The summed E-state index contributed by atoms with van der Waals surface area (Å²) in [6.45, 7) is -0.457. The molecule has 0 spiro atoms. The second-order valence-electron chi connectivity index (χ2n) is 7.47. The molecule has 0 aromatic heterocycles. The molecule has 0 saturated heterocycles. The number of rotatable bonds is 4. The molecule has 0 unspecified atom stereocenters. The Morgan fingerprint density at radius 2 is 1.81 bits per heavy atom. The first kappa shape index (κ1) is 21.7. The van der Waals surface area contributed by atoms with Crippen LogP contribution in [0.3, 0.4) is 0 Å². The summed E-state index contributed by atoms with van der Waals surface area (Å²) in [5, 5.41) is 2.43. The Bertz CT molecular complexity index is 1110. The van der Waals surface area contributed by atoms with Gasteiger partial charge in [0.1, 0.15) is 23.9 Å². The molecule has 0 atom stereocenters. The van der Waals surface area contributed by atoms with Crippen molar-refractivity contribution in [3.8, 4) is 5.75 Å². The molecule has 10 heteroatoms. The first-order chi connectivity index (χ1) is 15.3. The monoisotopic (exact) mass is 449 g/mol. The molecule has 0 fully saturated rings. The van der Waals surface area contributed by atoms with Gasteiger partial charge in [-0.1, -0.05) is 6.08 Å². The predicted molar refractivity (Wildman–Crippen MR) is 108 cm³/mol. The number of amides is 3. The van der Waals surface area contributed by atoms with E-state index in [9.17, 15) is 27.2 Å². The van der Waals surface area contributed by atoms with Crippen molar-refractivity contribution >= 4 is 23.2 Å². The molecule has 0 radical (unpaired) electrons. The van der Waals surface area contributed by atoms with Gasteiger partial charge in [0.25, 0.3) is 0 Å². The van der Waals surface area contributed by atoms with E-state index in [4.69, 9.17) is 4.74 Å². The molecule has 4 rings (SSSR count). The van der Waals surface area contributed by atoms with Crippen LogP contribution in [-0.4, -0.2) is 48.5 Å². The van der Waals surface area contributed by atoms with Crippen molar-refractivity contribution < 1.29 is 31.9 Å². The molecular formula is C22H19F4N3O3. The van der Waals surface area contributed by atoms with E-state index in [2.05, 4.69) is 5.32 Å². The molecule has 6 nitrogen and oxygen atoms in total. The van der Waals surface area contributed by atoms with Gasteiger partial charge in [0, 0.05) is 30.8 Å². The minimum Gasteiger partial charge on any atom is -0.497 e. The lowest BCUT2D eigenvalue weighted by Gasteiger charge is -2.33. The number of methoxy groups -OCH3 is 1. The number of anilines is 1. The Balaban J connectivity index is 1.49. The lowest BCUT2D eigenvalue weighted by molar-refractivity contribution is -0.131. The number of nitrogens with zero attached hydrogens (tertiary/aromatic N) is 2. The summed E-state index contributed by atoms with van der Waals surface area (Å²) in [4.78, 5) is 27.6. The van der Waals surface area contributed by atoms with Crippen LogP contribution in [0.25, 0.3) is 5.57 Å². The van der Waals surface area contributed by atoms with E-state index in [0.717, 1.165) is 23.1 Å². The second kappa shape index (κ2) is 8.52. The summed E-state index contributed by atoms with van der Waals surface area (Å²) < 4.78 is 61.4. The predicted octanol–water partition coefficient (Wildman–Crippen LogP) is 3.92. The van der Waals surface area contributed by atoms with Gasteiger partial charge >= 0.3 is 6.03 Å². The average molecular weight is 449 g/mol. The van der Waals surface area contributed by atoms with Gasteiger partial charge in [-0.25, -0.2) is 22.4 Å². The number of fused-ring (bicyclic) bond motifs is 1. The zero-order valence-corrected chi connectivity index (χ0v) is 17.1. The quantitative estimate of drug-likeness (QED) is 0.720. The van der Waals surface area contributed by atoms with E-state index in [0.29, 0.717) is 12.0 Å². The molecule has 3 amide bonds. The molecule has 32 heavy (non-hydrogen) atoms. The standard InChI is InChI=1S/C22H19F4N3O3/c1-32-13-7-16(24)20(17(25)8-13)12-3-2-6-28(9-12)19(30)11-29-10-14-18(27-22(29)31)5-4-15(23)21(14)26/h3-5,7-8H,2,6,9-11H2,1H3,(H,27,31). The SMILES string of the molecule is COc1cc(F)c(C2=CCCN(C(=O)CN3Cc4c(ccc(F)c4F)NC3=O)C2)c(F)c1. The van der Waals surface area contributed by atoms with Gasteiger partial charge in [0.2, 0.25) is 5.91 Å². The molecule has 0 saturated carbocycles. The van der Waals surface area contributed by atoms with Gasteiger partial charge in [-0.2, -0.15) is 0 Å². The van der Waals surface area contributed by atoms with Gasteiger partial charge in [-0.15, -0.1) is 0 Å². The van der Waals surface area contributed by atoms with E-state index < -0.39 is 41.8 Å². The van der Waals surface area contributed by atoms with E-state index in [-0.39, 0.29) is 42.2 Å². The molecule has 2 aromatic carbocycles. The van der Waals surface area contributed by atoms with E-state index in [1.165, 1.54) is 18.1 Å². The van der Waals surface area contributed by atoms with E-state index >= 15 is 0 Å². The van der Waals surface area contributed by atoms with Crippen molar-refractivity contribution in [2.45, 2.75) is 13.0 Å². The number of carbonyl (C=O) groups is 2. The van der Waals surface area contributed by atoms with Crippen LogP contribution < -0.4 is 10.1 Å². The van der Waals surface area contributed by atoms with Crippen molar-refractivity contribution in [1.82, 2.24) is 9.80 Å². The fraction of sp³-hybridized carbons (Fsp3) is 0.273. The van der Waals surface area contributed by atoms with E-state index in [1.54, 1.807) is 6.08 Å². The van der Waals surface area contributed by atoms with Crippen LogP contribution in [0.1, 0.15) is 17.5 Å². The lowest BCUT2D eigenvalue weighted by atomic mass is 9.99. The first-order valence-electron chi connectivity index (χ1n) is 9.81. The number of ether oxygens (including phenoxy) is 1. The van der Waals surface area contributed by atoms with Crippen LogP contribution >= 0.6 is 0 Å². The third-order valence-electron chi connectivity index (χ3n) is 5.48. The third-order valence-corrected chi connectivity index (χ3v) is 5.48. The zero-order chi connectivity index (χ0) is 23.0. The van der Waals surface area contributed by atoms with Gasteiger partial charge in [0.15, 0.2) is 11.6 Å². The van der Waals surface area contributed by atoms with Gasteiger partial charge in [-0.05, 0) is 24.1 Å². The summed E-state index contributed by atoms with van der Waals surface area (Å²) in [7, 11) is 1.30. The Labute approximate surface area is 181 Å². The van der Waals surface area contributed by atoms with E-state index in [1.807, 2.05) is 0 Å². The van der Waals surface area contributed by atoms with Crippen molar-refractivity contribution in [2.24, 2.45) is 0 Å². The molecule has 2 heterocycles. The number of hydrogen-bond acceptors (Lipinski definition) is 3. The fourth-order valence-corrected chi connectivity index (χ4v) is 3.82. The van der Waals surface area contributed by atoms with Crippen molar-refractivity contribution in [2.75, 3.05) is 32.1 Å². The third kappa shape index (κ3) is 4.00. The summed E-state index contributed by atoms with van der Waals surface area (Å²) in [5.41, 5.74) is 0.138. The minimum absolute atomic E-state index is 0.0353. The first-order valence-corrected chi connectivity index (χ1v) is 9.81. The van der Waals surface area contributed by atoms with Crippen LogP contribution in [0, 0.1) is 23.3 Å². The molecule has 168 valence electrons. The highest BCUT2D eigenvalue weighted by Gasteiger charge is 2.30.